The minimum atomic E-state index is -0.909. The van der Waals surface area contributed by atoms with Crippen LogP contribution in [0, 0.1) is 11.8 Å². The van der Waals surface area contributed by atoms with E-state index in [2.05, 4.69) is 21.2 Å². The van der Waals surface area contributed by atoms with Gasteiger partial charge in [0.2, 0.25) is 5.91 Å². The van der Waals surface area contributed by atoms with Crippen molar-refractivity contribution in [2.75, 3.05) is 13.2 Å². The molecule has 0 saturated heterocycles. The lowest BCUT2D eigenvalue weighted by Gasteiger charge is -2.22. The minimum Gasteiger partial charge on any atom is -0.486 e. The van der Waals surface area contributed by atoms with E-state index in [1.54, 1.807) is 0 Å². The number of benzene rings is 1. The van der Waals surface area contributed by atoms with E-state index in [1.165, 1.54) is 0 Å². The van der Waals surface area contributed by atoms with Gasteiger partial charge in [0.1, 0.15) is 13.2 Å². The molecule has 0 spiro atoms. The van der Waals surface area contributed by atoms with Gasteiger partial charge in [0.25, 0.3) is 0 Å². The molecule has 1 aliphatic carbocycles. The molecule has 6 nitrogen and oxygen atoms in total. The highest BCUT2D eigenvalue weighted by atomic mass is 79.9. The van der Waals surface area contributed by atoms with Crippen LogP contribution in [0.15, 0.2) is 16.6 Å². The first-order valence-electron chi connectivity index (χ1n) is 7.09. The molecule has 1 saturated carbocycles. The molecule has 0 unspecified atom stereocenters. The molecule has 0 bridgehead atoms. The molecule has 1 aromatic carbocycles. The first-order valence-corrected chi connectivity index (χ1v) is 7.89. The van der Waals surface area contributed by atoms with Crippen molar-refractivity contribution in [2.45, 2.75) is 19.4 Å². The van der Waals surface area contributed by atoms with Gasteiger partial charge in [-0.05, 0) is 31.0 Å². The number of carboxylic acid groups (broad SMARTS) is 1. The van der Waals surface area contributed by atoms with Crippen LogP contribution < -0.4 is 14.8 Å². The number of carbonyl (C=O) groups excluding carboxylic acids is 1. The summed E-state index contributed by atoms with van der Waals surface area (Å²) in [6.45, 7) is 2.87. The molecule has 0 aromatic heterocycles. The molecule has 2 N–H and O–H groups in total. The van der Waals surface area contributed by atoms with Crippen molar-refractivity contribution in [3.63, 3.8) is 0 Å². The lowest BCUT2D eigenvalue weighted by Crippen LogP contribution is -2.29. The van der Waals surface area contributed by atoms with Gasteiger partial charge in [0, 0.05) is 4.47 Å². The number of nitrogens with one attached hydrogen (secondary N) is 1. The van der Waals surface area contributed by atoms with Gasteiger partial charge in [-0.1, -0.05) is 15.9 Å². The quantitative estimate of drug-likeness (QED) is 0.848. The lowest BCUT2D eigenvalue weighted by molar-refractivity contribution is -0.140. The zero-order valence-corrected chi connectivity index (χ0v) is 13.6. The fourth-order valence-electron chi connectivity index (χ4n) is 2.57. The third-order valence-corrected chi connectivity index (χ3v) is 4.62. The van der Waals surface area contributed by atoms with Crippen LogP contribution in [0.4, 0.5) is 0 Å². The summed E-state index contributed by atoms with van der Waals surface area (Å²) in [4.78, 5) is 22.9. The third kappa shape index (κ3) is 2.90. The fraction of sp³-hybridized carbons (Fsp3) is 0.467. The van der Waals surface area contributed by atoms with Gasteiger partial charge in [-0.2, -0.15) is 0 Å². The molecule has 118 valence electrons. The van der Waals surface area contributed by atoms with Gasteiger partial charge in [0.15, 0.2) is 11.5 Å². The molecule has 3 atom stereocenters. The fourth-order valence-corrected chi connectivity index (χ4v) is 3.23. The van der Waals surface area contributed by atoms with E-state index in [1.807, 2.05) is 19.1 Å². The second-order valence-corrected chi connectivity index (χ2v) is 6.39. The average molecular weight is 370 g/mol. The van der Waals surface area contributed by atoms with Crippen LogP contribution >= 0.6 is 15.9 Å². The molecular formula is C15H16BrNO5. The molecule has 0 radical (unpaired) electrons. The van der Waals surface area contributed by atoms with Crippen molar-refractivity contribution in [2.24, 2.45) is 11.8 Å². The second kappa shape index (κ2) is 5.79. The summed E-state index contributed by atoms with van der Waals surface area (Å²) in [5, 5.41) is 11.7. The first kappa shape index (κ1) is 15.1. The molecular weight excluding hydrogens is 354 g/mol. The molecule has 1 amide bonds. The number of carboxylic acids is 1. The molecule has 1 aliphatic heterocycles. The maximum atomic E-state index is 12.1. The predicted octanol–water partition coefficient (Wildman–Crippen LogP) is 2.12. The topological polar surface area (TPSA) is 84.9 Å². The number of rotatable bonds is 4. The number of hydrogen-bond donors (Lipinski definition) is 2. The monoisotopic (exact) mass is 369 g/mol. The highest BCUT2D eigenvalue weighted by Crippen LogP contribution is 2.40. The Morgan fingerprint density at radius 1 is 1.27 bits per heavy atom. The van der Waals surface area contributed by atoms with E-state index in [0.29, 0.717) is 31.1 Å². The minimum absolute atomic E-state index is 0.221. The summed E-state index contributed by atoms with van der Waals surface area (Å²) in [6, 6.07) is 3.40. The SMILES string of the molecule is C[C@H](NC(=O)[C@@H]1C[C@@H]1C(=O)O)c1cc2c(cc1Br)OCCO2. The number of hydrogen-bond acceptors (Lipinski definition) is 4. The molecule has 1 aromatic rings. The highest BCUT2D eigenvalue weighted by Gasteiger charge is 2.48. The van der Waals surface area contributed by atoms with Crippen LogP contribution in [0.3, 0.4) is 0 Å². The van der Waals surface area contributed by atoms with Crippen molar-refractivity contribution in [3.05, 3.63) is 22.2 Å². The Bertz CT molecular complexity index is 633. The molecule has 22 heavy (non-hydrogen) atoms. The second-order valence-electron chi connectivity index (χ2n) is 5.53. The molecule has 3 rings (SSSR count). The smallest absolute Gasteiger partial charge is 0.307 e. The van der Waals surface area contributed by atoms with Crippen LogP contribution in [-0.4, -0.2) is 30.2 Å². The van der Waals surface area contributed by atoms with E-state index >= 15 is 0 Å². The van der Waals surface area contributed by atoms with Crippen LogP contribution in [-0.2, 0) is 9.59 Å². The Morgan fingerprint density at radius 3 is 2.50 bits per heavy atom. The summed E-state index contributed by atoms with van der Waals surface area (Å²) >= 11 is 3.47. The Kier molecular flexibility index (Phi) is 3.99. The van der Waals surface area contributed by atoms with Crippen molar-refractivity contribution in [3.8, 4) is 11.5 Å². The molecule has 2 aliphatic rings. The number of ether oxygens (including phenoxy) is 2. The van der Waals surface area contributed by atoms with Gasteiger partial charge < -0.3 is 19.9 Å². The first-order chi connectivity index (χ1) is 10.5. The van der Waals surface area contributed by atoms with E-state index in [9.17, 15) is 9.59 Å². The van der Waals surface area contributed by atoms with Gasteiger partial charge in [0.05, 0.1) is 17.9 Å². The summed E-state index contributed by atoms with van der Waals surface area (Å²) < 4.78 is 11.9. The van der Waals surface area contributed by atoms with E-state index in [4.69, 9.17) is 14.6 Å². The Morgan fingerprint density at radius 2 is 1.91 bits per heavy atom. The van der Waals surface area contributed by atoms with Crippen LogP contribution in [0.25, 0.3) is 0 Å². The number of halogens is 1. The summed E-state index contributed by atoms with van der Waals surface area (Å²) in [7, 11) is 0. The largest absolute Gasteiger partial charge is 0.486 e. The number of carbonyl (C=O) groups is 2. The van der Waals surface area contributed by atoms with Gasteiger partial charge in [-0.3, -0.25) is 9.59 Å². The number of amides is 1. The Balaban J connectivity index is 1.71. The zero-order chi connectivity index (χ0) is 15.9. The maximum absolute atomic E-state index is 12.1. The van der Waals surface area contributed by atoms with E-state index in [0.717, 1.165) is 10.0 Å². The van der Waals surface area contributed by atoms with Crippen molar-refractivity contribution in [1.82, 2.24) is 5.32 Å². The summed E-state index contributed by atoms with van der Waals surface area (Å²) in [6.07, 6.45) is 0.413. The maximum Gasteiger partial charge on any atom is 0.307 e. The van der Waals surface area contributed by atoms with Crippen molar-refractivity contribution >= 4 is 27.8 Å². The normalized spacial score (nSPS) is 23.5. The van der Waals surface area contributed by atoms with Gasteiger partial charge in [-0.15, -0.1) is 0 Å². The van der Waals surface area contributed by atoms with Crippen molar-refractivity contribution in [1.29, 1.82) is 0 Å². The van der Waals surface area contributed by atoms with Gasteiger partial charge >= 0.3 is 5.97 Å². The average Bonchev–Trinajstić information content (AvgIpc) is 3.27. The molecule has 1 heterocycles. The highest BCUT2D eigenvalue weighted by molar-refractivity contribution is 9.10. The molecule has 7 heteroatoms. The van der Waals surface area contributed by atoms with E-state index < -0.39 is 17.8 Å². The van der Waals surface area contributed by atoms with Crippen LogP contribution in [0.5, 0.6) is 11.5 Å². The van der Waals surface area contributed by atoms with Gasteiger partial charge in [-0.25, -0.2) is 0 Å². The summed E-state index contributed by atoms with van der Waals surface area (Å²) in [5.74, 6) is -0.768. The predicted molar refractivity (Wildman–Crippen MR) is 80.9 cm³/mol. The van der Waals surface area contributed by atoms with Crippen molar-refractivity contribution < 1.29 is 24.2 Å². The number of aliphatic carboxylic acids is 1. The third-order valence-electron chi connectivity index (χ3n) is 3.93. The number of fused-ring (bicyclic) bond motifs is 1. The van der Waals surface area contributed by atoms with Crippen LogP contribution in [0.2, 0.25) is 0 Å². The standard InChI is InChI=1S/C15H16BrNO5/c1-7(17-14(18)9-4-10(9)15(19)20)8-5-12-13(6-11(8)16)22-3-2-21-12/h5-7,9-10H,2-4H2,1H3,(H,17,18)(H,19,20)/t7-,9+,10-/m0/s1. The lowest BCUT2D eigenvalue weighted by atomic mass is 10.1. The Hall–Kier alpha value is -1.76. The summed E-state index contributed by atoms with van der Waals surface area (Å²) in [5.41, 5.74) is 0.866. The Labute approximate surface area is 135 Å². The zero-order valence-electron chi connectivity index (χ0n) is 12.0. The molecule has 1 fully saturated rings. The van der Waals surface area contributed by atoms with E-state index in [-0.39, 0.29) is 11.9 Å². The van der Waals surface area contributed by atoms with Crippen LogP contribution in [0.1, 0.15) is 24.9 Å².